The van der Waals surface area contributed by atoms with Gasteiger partial charge in [-0.1, -0.05) is 78.1 Å². The fourth-order valence-corrected chi connectivity index (χ4v) is 1.98. The Morgan fingerprint density at radius 2 is 1.30 bits per heavy atom. The lowest BCUT2D eigenvalue weighted by atomic mass is 10.0. The van der Waals surface area contributed by atoms with Crippen molar-refractivity contribution in [1.29, 1.82) is 0 Å². The zero-order valence-corrected chi connectivity index (χ0v) is 15.5. The fraction of sp³-hybridized carbons (Fsp3) is 0.944. The van der Waals surface area contributed by atoms with Crippen molar-refractivity contribution in [3.63, 3.8) is 0 Å². The van der Waals surface area contributed by atoms with Crippen LogP contribution >= 0.6 is 0 Å². The van der Waals surface area contributed by atoms with E-state index in [1.807, 2.05) is 6.92 Å². The third-order valence-corrected chi connectivity index (χ3v) is 3.90. The molecule has 0 aromatic carbocycles. The summed E-state index contributed by atoms with van der Waals surface area (Å²) in [5.41, 5.74) is 9.56. The maximum absolute atomic E-state index is 10.5. The van der Waals surface area contributed by atoms with Crippen molar-refractivity contribution in [2.75, 3.05) is 0 Å². The Labute approximate surface area is 142 Å². The second-order valence-corrected chi connectivity index (χ2v) is 6.63. The highest BCUT2D eigenvalue weighted by atomic mass is 16.4. The normalized spacial score (nSPS) is 14.5. The second-order valence-electron chi connectivity index (χ2n) is 6.63. The lowest BCUT2D eigenvalue weighted by molar-refractivity contribution is -0.138. The Hall–Kier alpha value is -0.650. The van der Waals surface area contributed by atoms with E-state index in [-0.39, 0.29) is 0 Å². The van der Waals surface area contributed by atoms with E-state index in [0.29, 0.717) is 12.8 Å². The number of carbonyl (C=O) groups is 1. The molecule has 0 saturated carbocycles. The minimum atomic E-state index is -0.958. The van der Waals surface area contributed by atoms with Crippen LogP contribution in [0.2, 0.25) is 0 Å². The van der Waals surface area contributed by atoms with E-state index in [2.05, 4.69) is 6.92 Å². The lowest BCUT2D eigenvalue weighted by Gasteiger charge is -2.11. The average Bonchev–Trinajstić information content (AvgIpc) is 2.48. The van der Waals surface area contributed by atoms with Crippen LogP contribution in [0.4, 0.5) is 0 Å². The Balaban J connectivity index is 0. The topological polar surface area (TPSA) is 110 Å². The van der Waals surface area contributed by atoms with Gasteiger partial charge in [-0.15, -0.1) is 0 Å². The molecule has 0 rings (SSSR count). The van der Waals surface area contributed by atoms with Crippen LogP contribution in [0.25, 0.3) is 0 Å². The minimum Gasteiger partial charge on any atom is -0.480 e. The van der Waals surface area contributed by atoms with Gasteiger partial charge in [-0.2, -0.15) is 0 Å². The first kappa shape index (κ1) is 24.6. The number of carboxylic acids is 1. The maximum Gasteiger partial charge on any atom is 0.320 e. The second kappa shape index (κ2) is 16.2. The molecule has 0 spiro atoms. The van der Waals surface area contributed by atoms with Crippen molar-refractivity contribution >= 4 is 5.97 Å². The van der Waals surface area contributed by atoms with Crippen LogP contribution in [0, 0.1) is 0 Å². The largest absolute Gasteiger partial charge is 0.480 e. The Morgan fingerprint density at radius 3 is 1.61 bits per heavy atom. The van der Waals surface area contributed by atoms with Crippen LogP contribution in [-0.2, 0) is 4.79 Å². The van der Waals surface area contributed by atoms with Crippen molar-refractivity contribution in [3.05, 3.63) is 0 Å². The molecule has 0 saturated heterocycles. The van der Waals surface area contributed by atoms with Gasteiger partial charge in [-0.05, 0) is 19.8 Å². The molecule has 0 amide bonds. The highest BCUT2D eigenvalue weighted by Crippen LogP contribution is 2.11. The number of hydrogen-bond acceptors (Lipinski definition) is 4. The summed E-state index contributed by atoms with van der Waals surface area (Å²) in [6.45, 7) is 5.65. The molecule has 0 fully saturated rings. The number of nitrogens with two attached hydrogens (primary N) is 2. The van der Waals surface area contributed by atoms with Crippen molar-refractivity contribution in [2.24, 2.45) is 11.5 Å². The lowest BCUT2D eigenvalue weighted by Crippen LogP contribution is -2.34. The van der Waals surface area contributed by atoms with Crippen molar-refractivity contribution in [2.45, 2.75) is 110 Å². The predicted molar refractivity (Wildman–Crippen MR) is 97.2 cm³/mol. The molecule has 0 aromatic heterocycles. The van der Waals surface area contributed by atoms with E-state index in [1.54, 1.807) is 6.92 Å². The zero-order chi connectivity index (χ0) is 18.1. The SMILES string of the molecule is CCC(C)(N)O.CCCCCCCCCCCCC(N)C(=O)O. The molecule has 0 bridgehead atoms. The number of aliphatic hydroxyl groups is 1. The van der Waals surface area contributed by atoms with Crippen LogP contribution in [0.3, 0.4) is 0 Å². The highest BCUT2D eigenvalue weighted by molar-refractivity contribution is 5.72. The minimum absolute atomic E-state index is 0.604. The molecule has 0 aliphatic carbocycles. The predicted octanol–water partition coefficient (Wildman–Crippen LogP) is 3.77. The average molecular weight is 333 g/mol. The standard InChI is InChI=1S/C14H29NO2.C4H11NO/c1-2-3-4-5-6-7-8-9-10-11-12-13(15)14(16)17;1-3-4(2,5)6/h13H,2-12,15H2,1H3,(H,16,17);6H,3,5H2,1-2H3. The zero-order valence-electron chi connectivity index (χ0n) is 15.5. The first-order valence-corrected chi connectivity index (χ1v) is 9.24. The fourth-order valence-electron chi connectivity index (χ4n) is 1.98. The first-order chi connectivity index (χ1) is 10.7. The number of unbranched alkanes of at least 4 members (excludes halogenated alkanes) is 9. The molecule has 0 radical (unpaired) electrons. The molecule has 23 heavy (non-hydrogen) atoms. The van der Waals surface area contributed by atoms with E-state index in [1.165, 1.54) is 51.4 Å². The third kappa shape index (κ3) is 23.7. The molecule has 140 valence electrons. The first-order valence-electron chi connectivity index (χ1n) is 9.24. The van der Waals surface area contributed by atoms with Gasteiger partial charge in [-0.3, -0.25) is 4.79 Å². The Morgan fingerprint density at radius 1 is 0.957 bits per heavy atom. The molecular formula is C18H40N2O3. The molecule has 5 heteroatoms. The summed E-state index contributed by atoms with van der Waals surface area (Å²) in [7, 11) is 0. The van der Waals surface area contributed by atoms with Gasteiger partial charge >= 0.3 is 5.97 Å². The smallest absolute Gasteiger partial charge is 0.320 e. The van der Waals surface area contributed by atoms with E-state index >= 15 is 0 Å². The summed E-state index contributed by atoms with van der Waals surface area (Å²) < 4.78 is 0. The number of hydrogen-bond donors (Lipinski definition) is 4. The van der Waals surface area contributed by atoms with Crippen LogP contribution in [-0.4, -0.2) is 27.9 Å². The monoisotopic (exact) mass is 332 g/mol. The summed E-state index contributed by atoms with van der Waals surface area (Å²) >= 11 is 0. The molecule has 5 nitrogen and oxygen atoms in total. The molecular weight excluding hydrogens is 292 g/mol. The van der Waals surface area contributed by atoms with E-state index in [4.69, 9.17) is 21.7 Å². The van der Waals surface area contributed by atoms with Gasteiger partial charge in [0.05, 0.1) is 0 Å². The van der Waals surface area contributed by atoms with Crippen molar-refractivity contribution in [3.8, 4) is 0 Å². The third-order valence-electron chi connectivity index (χ3n) is 3.90. The van der Waals surface area contributed by atoms with Gasteiger partial charge < -0.3 is 21.7 Å². The molecule has 0 aliphatic rings. The van der Waals surface area contributed by atoms with Crippen LogP contribution in [0.15, 0.2) is 0 Å². The number of rotatable bonds is 13. The molecule has 6 N–H and O–H groups in total. The summed E-state index contributed by atoms with van der Waals surface area (Å²) in [5, 5.41) is 17.2. The summed E-state index contributed by atoms with van der Waals surface area (Å²) in [6.07, 6.45) is 13.9. The van der Waals surface area contributed by atoms with E-state index in [0.717, 1.165) is 12.8 Å². The molecule has 0 heterocycles. The molecule has 0 aromatic rings. The van der Waals surface area contributed by atoms with Crippen LogP contribution < -0.4 is 11.5 Å². The van der Waals surface area contributed by atoms with Crippen molar-refractivity contribution < 1.29 is 15.0 Å². The van der Waals surface area contributed by atoms with E-state index in [9.17, 15) is 4.79 Å². The highest BCUT2D eigenvalue weighted by Gasteiger charge is 2.09. The van der Waals surface area contributed by atoms with Gasteiger partial charge in [0.15, 0.2) is 0 Å². The van der Waals surface area contributed by atoms with Crippen LogP contribution in [0.1, 0.15) is 97.8 Å². The van der Waals surface area contributed by atoms with E-state index < -0.39 is 17.7 Å². The number of carboxylic acid groups (broad SMARTS) is 1. The molecule has 2 atom stereocenters. The van der Waals surface area contributed by atoms with Gasteiger partial charge in [0, 0.05) is 0 Å². The quantitative estimate of drug-likeness (QED) is 0.303. The number of aliphatic carboxylic acids is 1. The summed E-state index contributed by atoms with van der Waals surface area (Å²) in [4.78, 5) is 10.5. The van der Waals surface area contributed by atoms with Gasteiger partial charge in [-0.25, -0.2) is 0 Å². The van der Waals surface area contributed by atoms with Gasteiger partial charge in [0.1, 0.15) is 11.8 Å². The van der Waals surface area contributed by atoms with Gasteiger partial charge in [0.25, 0.3) is 0 Å². The Kier molecular flexibility index (Phi) is 17.3. The van der Waals surface area contributed by atoms with Crippen LogP contribution in [0.5, 0.6) is 0 Å². The maximum atomic E-state index is 10.5. The summed E-state index contributed by atoms with van der Waals surface area (Å²) in [5.74, 6) is -0.874. The summed E-state index contributed by atoms with van der Waals surface area (Å²) in [6, 6.07) is -0.663. The van der Waals surface area contributed by atoms with Crippen molar-refractivity contribution in [1.82, 2.24) is 0 Å². The van der Waals surface area contributed by atoms with Gasteiger partial charge in [0.2, 0.25) is 0 Å². The molecule has 2 unspecified atom stereocenters. The Bertz CT molecular complexity index is 265. The molecule has 0 aliphatic heterocycles.